The predicted octanol–water partition coefficient (Wildman–Crippen LogP) is 6.81. The Morgan fingerprint density at radius 3 is 2.26 bits per heavy atom. The molecule has 1 N–H and O–H groups in total. The van der Waals surface area contributed by atoms with Gasteiger partial charge in [-0.05, 0) is 25.5 Å². The van der Waals surface area contributed by atoms with Gasteiger partial charge in [0.25, 0.3) is 0 Å². The van der Waals surface area contributed by atoms with Crippen molar-refractivity contribution in [2.24, 2.45) is 0 Å². The maximum absolute atomic E-state index is 6.14. The Balaban J connectivity index is 2.40. The second-order valence-corrected chi connectivity index (χ2v) is 6.22. The van der Waals surface area contributed by atoms with E-state index in [0.717, 1.165) is 12.1 Å². The molecule has 1 atom stereocenters. The molecule has 0 fully saturated rings. The monoisotopic (exact) mass is 321 g/mol. The normalized spacial score (nSPS) is 12.5. The van der Waals surface area contributed by atoms with Gasteiger partial charge in [0, 0.05) is 6.04 Å². The molecule has 108 valence electrons. The number of hydrogen-bond donors (Lipinski definition) is 1. The summed E-state index contributed by atoms with van der Waals surface area (Å²) in [4.78, 5) is 0. The van der Waals surface area contributed by atoms with Crippen LogP contribution in [0, 0.1) is 0 Å². The second kappa shape index (κ2) is 8.94. The first-order valence-corrected chi connectivity index (χ1v) is 8.09. The van der Waals surface area contributed by atoms with E-state index in [1.165, 1.54) is 32.1 Å². The third kappa shape index (κ3) is 6.25. The highest BCUT2D eigenvalue weighted by Crippen LogP contribution is 2.32. The largest absolute Gasteiger partial charge is 0.381 e. The van der Waals surface area contributed by atoms with Gasteiger partial charge in [0.05, 0.1) is 20.8 Å². The van der Waals surface area contributed by atoms with E-state index in [-0.39, 0.29) is 0 Å². The van der Waals surface area contributed by atoms with E-state index in [9.17, 15) is 0 Å². The van der Waals surface area contributed by atoms with Crippen LogP contribution in [0.3, 0.4) is 0 Å². The first kappa shape index (κ1) is 16.9. The number of hydrogen-bond acceptors (Lipinski definition) is 1. The first-order chi connectivity index (χ1) is 9.04. The van der Waals surface area contributed by atoms with Crippen molar-refractivity contribution < 1.29 is 0 Å². The van der Waals surface area contributed by atoms with Gasteiger partial charge in [-0.15, -0.1) is 0 Å². The number of rotatable bonds is 8. The highest BCUT2D eigenvalue weighted by molar-refractivity contribution is 6.44. The van der Waals surface area contributed by atoms with Crippen LogP contribution in [0.5, 0.6) is 0 Å². The van der Waals surface area contributed by atoms with Crippen molar-refractivity contribution >= 4 is 40.5 Å². The van der Waals surface area contributed by atoms with E-state index in [0.29, 0.717) is 21.1 Å². The molecule has 0 aliphatic carbocycles. The van der Waals surface area contributed by atoms with Gasteiger partial charge < -0.3 is 5.32 Å². The fourth-order valence-electron chi connectivity index (χ4n) is 2.02. The molecule has 1 rings (SSSR count). The van der Waals surface area contributed by atoms with E-state index in [2.05, 4.69) is 19.2 Å². The van der Waals surface area contributed by atoms with Crippen LogP contribution >= 0.6 is 34.8 Å². The average molecular weight is 323 g/mol. The van der Waals surface area contributed by atoms with Gasteiger partial charge in [0.2, 0.25) is 0 Å². The summed E-state index contributed by atoms with van der Waals surface area (Å²) in [7, 11) is 0. The van der Waals surface area contributed by atoms with Crippen LogP contribution in [0.2, 0.25) is 15.1 Å². The SMILES string of the molecule is CCCCCCCC(C)Nc1cc(Cl)c(Cl)cc1Cl. The van der Waals surface area contributed by atoms with Crippen LogP contribution in [0.25, 0.3) is 0 Å². The summed E-state index contributed by atoms with van der Waals surface area (Å²) in [6.45, 7) is 4.40. The van der Waals surface area contributed by atoms with Gasteiger partial charge in [-0.3, -0.25) is 0 Å². The standard InChI is InChI=1S/C15H22Cl3N/c1-3-4-5-6-7-8-11(2)19-15-10-13(17)12(16)9-14(15)18/h9-11,19H,3-8H2,1-2H3. The lowest BCUT2D eigenvalue weighted by molar-refractivity contribution is 0.578. The van der Waals surface area contributed by atoms with Gasteiger partial charge >= 0.3 is 0 Å². The lowest BCUT2D eigenvalue weighted by Crippen LogP contribution is -2.15. The van der Waals surface area contributed by atoms with E-state index in [4.69, 9.17) is 34.8 Å². The number of unbranched alkanes of at least 4 members (excludes halogenated alkanes) is 4. The third-order valence-corrected chi connectivity index (χ3v) is 4.19. The summed E-state index contributed by atoms with van der Waals surface area (Å²) in [6, 6.07) is 3.86. The Labute approximate surface area is 131 Å². The van der Waals surface area contributed by atoms with Gasteiger partial charge in [-0.25, -0.2) is 0 Å². The van der Waals surface area contributed by atoms with Crippen molar-refractivity contribution in [1.29, 1.82) is 0 Å². The Morgan fingerprint density at radius 1 is 0.947 bits per heavy atom. The molecule has 1 aromatic rings. The summed E-state index contributed by atoms with van der Waals surface area (Å²) < 4.78 is 0. The zero-order valence-corrected chi connectivity index (χ0v) is 13.9. The van der Waals surface area contributed by atoms with Gasteiger partial charge in [0.1, 0.15) is 0 Å². The third-order valence-electron chi connectivity index (χ3n) is 3.15. The number of anilines is 1. The van der Waals surface area contributed by atoms with Gasteiger partial charge in [-0.2, -0.15) is 0 Å². The Kier molecular flexibility index (Phi) is 7.97. The predicted molar refractivity (Wildman–Crippen MR) is 87.9 cm³/mol. The molecule has 0 aromatic heterocycles. The van der Waals surface area contributed by atoms with Crippen LogP contribution in [0.1, 0.15) is 52.4 Å². The van der Waals surface area contributed by atoms with Crippen molar-refractivity contribution in [3.8, 4) is 0 Å². The fourth-order valence-corrected chi connectivity index (χ4v) is 2.63. The van der Waals surface area contributed by atoms with Crippen LogP contribution in [-0.4, -0.2) is 6.04 Å². The molecule has 1 aromatic carbocycles. The Bertz CT molecular complexity index is 393. The summed E-state index contributed by atoms with van der Waals surface area (Å²) in [5.74, 6) is 0. The topological polar surface area (TPSA) is 12.0 Å². The lowest BCUT2D eigenvalue weighted by atomic mass is 10.1. The minimum atomic E-state index is 0.386. The summed E-state index contributed by atoms with van der Waals surface area (Å²) in [6.07, 6.45) is 7.63. The molecule has 1 nitrogen and oxygen atoms in total. The quantitative estimate of drug-likeness (QED) is 0.409. The minimum Gasteiger partial charge on any atom is -0.381 e. The van der Waals surface area contributed by atoms with E-state index in [1.807, 2.05) is 0 Å². The van der Waals surface area contributed by atoms with Gasteiger partial charge in [0.15, 0.2) is 0 Å². The molecule has 0 saturated heterocycles. The summed E-state index contributed by atoms with van der Waals surface area (Å²) >= 11 is 18.1. The molecule has 1 unspecified atom stereocenters. The van der Waals surface area contributed by atoms with Gasteiger partial charge in [-0.1, -0.05) is 73.8 Å². The zero-order chi connectivity index (χ0) is 14.3. The zero-order valence-electron chi connectivity index (χ0n) is 11.6. The van der Waals surface area contributed by atoms with Crippen molar-refractivity contribution in [1.82, 2.24) is 0 Å². The summed E-state index contributed by atoms with van der Waals surface area (Å²) in [5.41, 5.74) is 0.858. The van der Waals surface area contributed by atoms with Crippen LogP contribution in [0.15, 0.2) is 12.1 Å². The van der Waals surface area contributed by atoms with Crippen LogP contribution in [-0.2, 0) is 0 Å². The smallest absolute Gasteiger partial charge is 0.0653 e. The molecule has 0 aliphatic heterocycles. The fraction of sp³-hybridized carbons (Fsp3) is 0.600. The second-order valence-electron chi connectivity index (χ2n) is 4.99. The maximum atomic E-state index is 6.14. The first-order valence-electron chi connectivity index (χ1n) is 6.95. The molecule has 19 heavy (non-hydrogen) atoms. The molecular formula is C15H22Cl3N. The van der Waals surface area contributed by atoms with E-state index in [1.54, 1.807) is 12.1 Å². The molecule has 0 spiro atoms. The molecule has 0 aliphatic rings. The van der Waals surface area contributed by atoms with Crippen molar-refractivity contribution in [3.05, 3.63) is 27.2 Å². The molecular weight excluding hydrogens is 301 g/mol. The number of halogens is 3. The Hall–Kier alpha value is -0.110. The highest BCUT2D eigenvalue weighted by atomic mass is 35.5. The molecule has 0 bridgehead atoms. The summed E-state index contributed by atoms with van der Waals surface area (Å²) in [5, 5.41) is 5.03. The molecule has 0 radical (unpaired) electrons. The van der Waals surface area contributed by atoms with Crippen molar-refractivity contribution in [3.63, 3.8) is 0 Å². The molecule has 0 heterocycles. The number of nitrogens with one attached hydrogen (secondary N) is 1. The van der Waals surface area contributed by atoms with Crippen molar-refractivity contribution in [2.45, 2.75) is 58.4 Å². The highest BCUT2D eigenvalue weighted by Gasteiger charge is 2.08. The average Bonchev–Trinajstić information content (AvgIpc) is 2.35. The molecule has 0 saturated carbocycles. The number of benzene rings is 1. The van der Waals surface area contributed by atoms with Crippen molar-refractivity contribution in [2.75, 3.05) is 5.32 Å². The van der Waals surface area contributed by atoms with E-state index >= 15 is 0 Å². The maximum Gasteiger partial charge on any atom is 0.0653 e. The van der Waals surface area contributed by atoms with E-state index < -0.39 is 0 Å². The van der Waals surface area contributed by atoms with Crippen LogP contribution in [0.4, 0.5) is 5.69 Å². The Morgan fingerprint density at radius 2 is 1.58 bits per heavy atom. The minimum absolute atomic E-state index is 0.386. The molecule has 0 amide bonds. The molecule has 4 heteroatoms. The lowest BCUT2D eigenvalue weighted by Gasteiger charge is -2.17. The van der Waals surface area contributed by atoms with Crippen LogP contribution < -0.4 is 5.32 Å².